The molecule has 2 rings (SSSR count). The van der Waals surface area contributed by atoms with Crippen molar-refractivity contribution in [3.05, 3.63) is 35.6 Å². The normalized spacial score (nSPS) is 16.9. The molecule has 0 saturated heterocycles. The van der Waals surface area contributed by atoms with E-state index in [0.717, 1.165) is 44.9 Å². The van der Waals surface area contributed by atoms with E-state index < -0.39 is 5.41 Å². The van der Waals surface area contributed by atoms with E-state index in [4.69, 9.17) is 5.11 Å². The molecule has 3 nitrogen and oxygen atoms in total. The van der Waals surface area contributed by atoms with Gasteiger partial charge >= 0.3 is 0 Å². The van der Waals surface area contributed by atoms with Gasteiger partial charge in [-0.15, -0.1) is 0 Å². The molecule has 0 bridgehead atoms. The molecule has 0 aromatic heterocycles. The minimum atomic E-state index is -0.692. The van der Waals surface area contributed by atoms with Gasteiger partial charge in [-0.1, -0.05) is 31.0 Å². The van der Waals surface area contributed by atoms with Gasteiger partial charge in [0.2, 0.25) is 5.91 Å². The molecule has 1 aliphatic carbocycles. The fourth-order valence-electron chi connectivity index (χ4n) is 3.23. The maximum atomic E-state index is 14.1. The van der Waals surface area contributed by atoms with Gasteiger partial charge in [0.15, 0.2) is 0 Å². The highest BCUT2D eigenvalue weighted by atomic mass is 19.1. The van der Waals surface area contributed by atoms with E-state index >= 15 is 0 Å². The van der Waals surface area contributed by atoms with Crippen LogP contribution >= 0.6 is 0 Å². The molecule has 0 unspecified atom stereocenters. The zero-order valence-corrected chi connectivity index (χ0v) is 12.4. The van der Waals surface area contributed by atoms with E-state index in [1.807, 2.05) is 0 Å². The summed E-state index contributed by atoms with van der Waals surface area (Å²) < 4.78 is 14.1. The highest BCUT2D eigenvalue weighted by Gasteiger charge is 2.43. The van der Waals surface area contributed by atoms with Crippen LogP contribution in [0.1, 0.15) is 50.5 Å². The first-order valence-corrected chi connectivity index (χ1v) is 7.85. The van der Waals surface area contributed by atoms with Crippen LogP contribution < -0.4 is 5.32 Å². The lowest BCUT2D eigenvalue weighted by Crippen LogP contribution is -2.43. The molecule has 0 aliphatic heterocycles. The van der Waals surface area contributed by atoms with Gasteiger partial charge in [0.05, 0.1) is 5.41 Å². The van der Waals surface area contributed by atoms with Crippen molar-refractivity contribution in [2.24, 2.45) is 0 Å². The molecule has 21 heavy (non-hydrogen) atoms. The Hall–Kier alpha value is -1.42. The Balaban J connectivity index is 2.05. The molecule has 1 aromatic carbocycles. The van der Waals surface area contributed by atoms with E-state index in [0.29, 0.717) is 12.1 Å². The standard InChI is InChI=1S/C17H24FNO2/c18-15-9-3-2-8-14(15)17(10-4-5-11-17)16(21)19-12-6-1-7-13-20/h2-3,8-9,20H,1,4-7,10-13H2,(H,19,21). The number of unbranched alkanes of at least 4 members (excludes halogenated alkanes) is 2. The first-order valence-electron chi connectivity index (χ1n) is 7.85. The van der Waals surface area contributed by atoms with Gasteiger partial charge in [-0.25, -0.2) is 4.39 Å². The molecule has 1 aromatic rings. The van der Waals surface area contributed by atoms with Gasteiger partial charge in [0, 0.05) is 18.7 Å². The Labute approximate surface area is 125 Å². The van der Waals surface area contributed by atoms with Crippen LogP contribution in [-0.2, 0) is 10.2 Å². The molecule has 0 spiro atoms. The van der Waals surface area contributed by atoms with Gasteiger partial charge in [-0.2, -0.15) is 0 Å². The second-order valence-corrected chi connectivity index (χ2v) is 5.81. The quantitative estimate of drug-likeness (QED) is 0.759. The third-order valence-electron chi connectivity index (χ3n) is 4.40. The predicted molar refractivity (Wildman–Crippen MR) is 80.5 cm³/mol. The van der Waals surface area contributed by atoms with Gasteiger partial charge in [-0.05, 0) is 38.2 Å². The third-order valence-corrected chi connectivity index (χ3v) is 4.40. The fourth-order valence-corrected chi connectivity index (χ4v) is 3.23. The van der Waals surface area contributed by atoms with Crippen molar-refractivity contribution in [3.63, 3.8) is 0 Å². The molecule has 0 radical (unpaired) electrons. The summed E-state index contributed by atoms with van der Waals surface area (Å²) in [4.78, 5) is 12.6. The third kappa shape index (κ3) is 3.62. The minimum absolute atomic E-state index is 0.0471. The van der Waals surface area contributed by atoms with Crippen molar-refractivity contribution in [3.8, 4) is 0 Å². The van der Waals surface area contributed by atoms with Crippen LogP contribution in [0.2, 0.25) is 0 Å². The second-order valence-electron chi connectivity index (χ2n) is 5.81. The molecule has 0 heterocycles. The van der Waals surface area contributed by atoms with Crippen molar-refractivity contribution in [2.45, 2.75) is 50.4 Å². The summed E-state index contributed by atoms with van der Waals surface area (Å²) in [6.45, 7) is 0.780. The number of carbonyl (C=O) groups excluding carboxylic acids is 1. The van der Waals surface area contributed by atoms with Gasteiger partial charge < -0.3 is 10.4 Å². The summed E-state index contributed by atoms with van der Waals surface area (Å²) in [5, 5.41) is 11.7. The maximum absolute atomic E-state index is 14.1. The Kier molecular flexibility index (Phi) is 5.74. The largest absolute Gasteiger partial charge is 0.396 e. The predicted octanol–water partition coefficient (Wildman–Crippen LogP) is 2.92. The Bertz CT molecular complexity index is 470. The summed E-state index contributed by atoms with van der Waals surface area (Å²) in [6.07, 6.45) is 5.86. The molecular formula is C17H24FNO2. The number of rotatable bonds is 7. The van der Waals surface area contributed by atoms with Crippen molar-refractivity contribution < 1.29 is 14.3 Å². The number of amides is 1. The summed E-state index contributed by atoms with van der Waals surface area (Å²) in [7, 11) is 0. The molecule has 1 saturated carbocycles. The molecule has 1 aliphatic rings. The number of halogens is 1. The van der Waals surface area contributed by atoms with Gasteiger partial charge in [0.25, 0.3) is 0 Å². The first kappa shape index (κ1) is 16.0. The van der Waals surface area contributed by atoms with E-state index in [1.54, 1.807) is 18.2 Å². The number of carbonyl (C=O) groups is 1. The number of hydrogen-bond acceptors (Lipinski definition) is 2. The SMILES string of the molecule is O=C(NCCCCCO)C1(c2ccccc2F)CCCC1. The Morgan fingerprint density at radius 1 is 1.19 bits per heavy atom. The molecule has 1 fully saturated rings. The summed E-state index contributed by atoms with van der Waals surface area (Å²) >= 11 is 0. The second kappa shape index (κ2) is 7.55. The zero-order chi connectivity index (χ0) is 15.1. The Morgan fingerprint density at radius 2 is 1.90 bits per heavy atom. The number of hydrogen-bond donors (Lipinski definition) is 2. The number of aliphatic hydroxyl groups is 1. The van der Waals surface area contributed by atoms with Crippen LogP contribution in [0.25, 0.3) is 0 Å². The van der Waals surface area contributed by atoms with E-state index in [-0.39, 0.29) is 18.3 Å². The van der Waals surface area contributed by atoms with Crippen molar-refractivity contribution in [2.75, 3.05) is 13.2 Å². The average molecular weight is 293 g/mol. The van der Waals surface area contributed by atoms with Crippen LogP contribution in [0.5, 0.6) is 0 Å². The highest BCUT2D eigenvalue weighted by molar-refractivity contribution is 5.88. The number of benzene rings is 1. The smallest absolute Gasteiger partial charge is 0.230 e. The zero-order valence-electron chi connectivity index (χ0n) is 12.4. The summed E-state index contributed by atoms with van der Waals surface area (Å²) in [6, 6.07) is 6.64. The fraction of sp³-hybridized carbons (Fsp3) is 0.588. The van der Waals surface area contributed by atoms with Crippen LogP contribution in [-0.4, -0.2) is 24.2 Å². The van der Waals surface area contributed by atoms with Crippen LogP contribution in [0.15, 0.2) is 24.3 Å². The first-order chi connectivity index (χ1) is 10.2. The minimum Gasteiger partial charge on any atom is -0.396 e. The van der Waals surface area contributed by atoms with E-state index in [2.05, 4.69) is 5.32 Å². The van der Waals surface area contributed by atoms with Gasteiger partial charge in [0.1, 0.15) is 5.82 Å². The molecule has 2 N–H and O–H groups in total. The molecule has 1 amide bonds. The number of aliphatic hydroxyl groups excluding tert-OH is 1. The lowest BCUT2D eigenvalue weighted by Gasteiger charge is -2.28. The molecular weight excluding hydrogens is 269 g/mol. The highest BCUT2D eigenvalue weighted by Crippen LogP contribution is 2.42. The van der Waals surface area contributed by atoms with Crippen LogP contribution in [0.3, 0.4) is 0 Å². The lowest BCUT2D eigenvalue weighted by atomic mass is 9.77. The average Bonchev–Trinajstić information content (AvgIpc) is 2.98. The van der Waals surface area contributed by atoms with Crippen LogP contribution in [0, 0.1) is 5.82 Å². The maximum Gasteiger partial charge on any atom is 0.230 e. The van der Waals surface area contributed by atoms with Crippen LogP contribution in [0.4, 0.5) is 4.39 Å². The van der Waals surface area contributed by atoms with Crippen molar-refractivity contribution in [1.82, 2.24) is 5.32 Å². The lowest BCUT2D eigenvalue weighted by molar-refractivity contribution is -0.126. The molecule has 4 heteroatoms. The monoisotopic (exact) mass is 293 g/mol. The number of nitrogens with one attached hydrogen (secondary N) is 1. The summed E-state index contributed by atoms with van der Waals surface area (Å²) in [5.74, 6) is -0.330. The van der Waals surface area contributed by atoms with Crippen molar-refractivity contribution in [1.29, 1.82) is 0 Å². The van der Waals surface area contributed by atoms with E-state index in [1.165, 1.54) is 6.07 Å². The Morgan fingerprint density at radius 3 is 2.57 bits per heavy atom. The van der Waals surface area contributed by atoms with E-state index in [9.17, 15) is 9.18 Å². The van der Waals surface area contributed by atoms with Gasteiger partial charge in [-0.3, -0.25) is 4.79 Å². The van der Waals surface area contributed by atoms with Crippen molar-refractivity contribution >= 4 is 5.91 Å². The summed E-state index contributed by atoms with van der Waals surface area (Å²) in [5.41, 5.74) is -0.155. The molecule has 116 valence electrons. The topological polar surface area (TPSA) is 49.3 Å². The molecule has 0 atom stereocenters.